The minimum atomic E-state index is -1.74. The van der Waals surface area contributed by atoms with Crippen molar-refractivity contribution in [2.75, 3.05) is 9.80 Å². The largest absolute Gasteiger partial charge is 0.312 e. The predicted molar refractivity (Wildman–Crippen MR) is 182 cm³/mol. The van der Waals surface area contributed by atoms with Crippen LogP contribution in [0.2, 0.25) is 19.6 Å². The normalized spacial score (nSPS) is 13.6. The van der Waals surface area contributed by atoms with Crippen LogP contribution in [0.25, 0.3) is 0 Å². The maximum absolute atomic E-state index is 2.57. The van der Waals surface area contributed by atoms with Gasteiger partial charge in [0.2, 0.25) is 0 Å². The smallest absolute Gasteiger partial charge is 0.252 e. The Morgan fingerprint density at radius 1 is 0.488 bits per heavy atom. The average Bonchev–Trinajstić information content (AvgIpc) is 2.93. The highest BCUT2D eigenvalue weighted by Gasteiger charge is 2.45. The van der Waals surface area contributed by atoms with Crippen LogP contribution in [0, 0.1) is 27.7 Å². The molecule has 0 fully saturated rings. The lowest BCUT2D eigenvalue weighted by Crippen LogP contribution is -2.63. The van der Waals surface area contributed by atoms with Gasteiger partial charge in [0, 0.05) is 34.1 Å². The zero-order valence-corrected chi connectivity index (χ0v) is 26.2. The summed E-state index contributed by atoms with van der Waals surface area (Å²) in [5, 5.41) is 1.51. The van der Waals surface area contributed by atoms with Crippen molar-refractivity contribution >= 4 is 70.5 Å². The molecule has 0 spiro atoms. The lowest BCUT2D eigenvalue weighted by Gasteiger charge is -2.46. The third kappa shape index (κ3) is 4.07. The summed E-state index contributed by atoms with van der Waals surface area (Å²) in [4.78, 5) is 5.08. The molecular formula is C37H37BN2Si. The lowest BCUT2D eigenvalue weighted by molar-refractivity contribution is 1.24. The van der Waals surface area contributed by atoms with Crippen LogP contribution in [0.15, 0.2) is 97.1 Å². The van der Waals surface area contributed by atoms with Crippen molar-refractivity contribution in [1.29, 1.82) is 0 Å². The molecule has 0 bridgehead atoms. The average molecular weight is 549 g/mol. The van der Waals surface area contributed by atoms with E-state index in [1.165, 1.54) is 78.0 Å². The van der Waals surface area contributed by atoms with Gasteiger partial charge in [0.25, 0.3) is 6.71 Å². The number of anilines is 6. The fraction of sp³-hybridized carbons (Fsp3) is 0.189. The molecule has 5 aromatic carbocycles. The standard InChI is InChI=1S/C37H37BN2Si/c1-24-8-14-28(15-9-24)39-32-18-12-26(3)22-30(32)38-31-23-27(4)13-19-33(31)40(29-16-10-25(2)11-17-29)37-35(41(5,6)7)21-20-34(39)36(37)38/h8-23H,1-7H3. The minimum absolute atomic E-state index is 0.171. The van der Waals surface area contributed by atoms with Crippen molar-refractivity contribution in [2.45, 2.75) is 47.3 Å². The van der Waals surface area contributed by atoms with E-state index in [0.717, 1.165) is 0 Å². The SMILES string of the molecule is Cc1ccc(N2c3ccc(C)cc3B3c4cc(C)ccc4N(c4ccc(C)cc4)c4c([Si](C)(C)C)ccc2c43)cc1. The van der Waals surface area contributed by atoms with Crippen LogP contribution in [0.1, 0.15) is 22.3 Å². The van der Waals surface area contributed by atoms with Crippen LogP contribution in [0.3, 0.4) is 0 Å². The highest BCUT2D eigenvalue weighted by atomic mass is 28.3. The summed E-state index contributed by atoms with van der Waals surface area (Å²) in [5.41, 5.74) is 17.1. The summed E-state index contributed by atoms with van der Waals surface area (Å²) in [6.45, 7) is 16.4. The summed E-state index contributed by atoms with van der Waals surface area (Å²) >= 11 is 0. The first-order valence-corrected chi connectivity index (χ1v) is 18.2. The first kappa shape index (κ1) is 25.9. The van der Waals surface area contributed by atoms with E-state index in [-0.39, 0.29) is 6.71 Å². The van der Waals surface area contributed by atoms with Gasteiger partial charge >= 0.3 is 0 Å². The van der Waals surface area contributed by atoms with E-state index in [0.29, 0.717) is 0 Å². The Hall–Kier alpha value is -4.02. The number of hydrogen-bond donors (Lipinski definition) is 0. The molecule has 0 aliphatic carbocycles. The van der Waals surface area contributed by atoms with Crippen molar-refractivity contribution in [3.63, 3.8) is 0 Å². The maximum atomic E-state index is 2.57. The quantitative estimate of drug-likeness (QED) is 0.211. The van der Waals surface area contributed by atoms with E-state index in [1.54, 1.807) is 0 Å². The van der Waals surface area contributed by atoms with Crippen LogP contribution in [-0.4, -0.2) is 14.8 Å². The summed E-state index contributed by atoms with van der Waals surface area (Å²) < 4.78 is 0. The maximum Gasteiger partial charge on any atom is 0.252 e. The molecule has 2 heterocycles. The van der Waals surface area contributed by atoms with Gasteiger partial charge in [-0.05, 0) is 91.7 Å². The molecule has 2 aliphatic heterocycles. The number of fused-ring (bicyclic) bond motifs is 4. The Labute approximate surface area is 246 Å². The van der Waals surface area contributed by atoms with E-state index in [2.05, 4.69) is 154 Å². The van der Waals surface area contributed by atoms with Crippen LogP contribution in [-0.2, 0) is 0 Å². The number of hydrogen-bond acceptors (Lipinski definition) is 2. The van der Waals surface area contributed by atoms with Crippen molar-refractivity contribution in [1.82, 2.24) is 0 Å². The third-order valence-corrected chi connectivity index (χ3v) is 10.8. The molecule has 2 aliphatic rings. The van der Waals surface area contributed by atoms with Crippen LogP contribution >= 0.6 is 0 Å². The first-order valence-electron chi connectivity index (χ1n) is 14.7. The Kier molecular flexibility index (Phi) is 5.85. The molecule has 5 aromatic rings. The Morgan fingerprint density at radius 3 is 1.44 bits per heavy atom. The zero-order valence-electron chi connectivity index (χ0n) is 25.2. The van der Waals surface area contributed by atoms with Crippen molar-refractivity contribution < 1.29 is 0 Å². The lowest BCUT2D eigenvalue weighted by atomic mass is 9.33. The monoisotopic (exact) mass is 548 g/mol. The van der Waals surface area contributed by atoms with Crippen LogP contribution in [0.4, 0.5) is 34.1 Å². The Balaban J connectivity index is 1.64. The molecule has 4 heteroatoms. The Morgan fingerprint density at radius 2 is 0.927 bits per heavy atom. The molecule has 0 atom stereocenters. The number of benzene rings is 5. The van der Waals surface area contributed by atoms with E-state index >= 15 is 0 Å². The topological polar surface area (TPSA) is 6.48 Å². The molecule has 0 radical (unpaired) electrons. The highest BCUT2D eigenvalue weighted by molar-refractivity contribution is 7.01. The number of nitrogens with zero attached hydrogens (tertiary/aromatic N) is 2. The fourth-order valence-corrected chi connectivity index (χ4v) is 8.34. The van der Waals surface area contributed by atoms with Gasteiger partial charge in [0.05, 0.1) is 8.07 Å². The molecule has 202 valence electrons. The highest BCUT2D eigenvalue weighted by Crippen LogP contribution is 2.44. The van der Waals surface area contributed by atoms with E-state index in [4.69, 9.17) is 0 Å². The van der Waals surface area contributed by atoms with Crippen LogP contribution in [0.5, 0.6) is 0 Å². The summed E-state index contributed by atoms with van der Waals surface area (Å²) in [6.07, 6.45) is 0. The van der Waals surface area contributed by atoms with Crippen molar-refractivity contribution in [3.8, 4) is 0 Å². The van der Waals surface area contributed by atoms with E-state index in [9.17, 15) is 0 Å². The molecule has 0 N–H and O–H groups in total. The van der Waals surface area contributed by atoms with E-state index in [1.807, 2.05) is 0 Å². The van der Waals surface area contributed by atoms with Gasteiger partial charge in [0.1, 0.15) is 0 Å². The second-order valence-corrected chi connectivity index (χ2v) is 18.1. The summed E-state index contributed by atoms with van der Waals surface area (Å²) in [7, 11) is -1.74. The van der Waals surface area contributed by atoms with E-state index < -0.39 is 8.07 Å². The first-order chi connectivity index (χ1) is 19.6. The molecule has 7 rings (SSSR count). The van der Waals surface area contributed by atoms with Gasteiger partial charge in [-0.3, -0.25) is 0 Å². The van der Waals surface area contributed by atoms with Gasteiger partial charge in [-0.1, -0.05) is 96.5 Å². The second-order valence-electron chi connectivity index (χ2n) is 13.0. The predicted octanol–water partition coefficient (Wildman–Crippen LogP) is 7.55. The number of rotatable bonds is 3. The molecular weight excluding hydrogens is 511 g/mol. The molecule has 0 unspecified atom stereocenters. The minimum Gasteiger partial charge on any atom is -0.312 e. The third-order valence-electron chi connectivity index (χ3n) is 8.81. The molecule has 2 nitrogen and oxygen atoms in total. The summed E-state index contributed by atoms with van der Waals surface area (Å²) in [5.74, 6) is 0. The molecule has 41 heavy (non-hydrogen) atoms. The van der Waals surface area contributed by atoms with Crippen molar-refractivity contribution in [2.24, 2.45) is 0 Å². The molecule has 0 amide bonds. The van der Waals surface area contributed by atoms with Crippen molar-refractivity contribution in [3.05, 3.63) is 119 Å². The van der Waals surface area contributed by atoms with Gasteiger partial charge in [0.15, 0.2) is 0 Å². The second kappa shape index (κ2) is 9.25. The van der Waals surface area contributed by atoms with Gasteiger partial charge in [-0.25, -0.2) is 0 Å². The van der Waals surface area contributed by atoms with Gasteiger partial charge in [-0.2, -0.15) is 0 Å². The number of aryl methyl sites for hydroxylation is 4. The summed E-state index contributed by atoms with van der Waals surface area (Å²) in [6, 6.07) is 37.1. The Bertz CT molecular complexity index is 1800. The molecule has 0 aromatic heterocycles. The van der Waals surface area contributed by atoms with Gasteiger partial charge in [-0.15, -0.1) is 0 Å². The fourth-order valence-electron chi connectivity index (χ4n) is 6.80. The van der Waals surface area contributed by atoms with Crippen LogP contribution < -0.4 is 31.4 Å². The van der Waals surface area contributed by atoms with Gasteiger partial charge < -0.3 is 9.80 Å². The molecule has 0 saturated heterocycles. The molecule has 0 saturated carbocycles. The zero-order chi connectivity index (χ0) is 28.6.